The molecule has 6 nitrogen and oxygen atoms in total. The number of alkyl halides is 2. The third-order valence-electron chi connectivity index (χ3n) is 4.10. The molecule has 0 radical (unpaired) electrons. The lowest BCUT2D eigenvalue weighted by Crippen LogP contribution is -2.18. The molecule has 1 amide bonds. The van der Waals surface area contributed by atoms with Gasteiger partial charge in [-0.15, -0.1) is 5.10 Å². The molecule has 0 saturated carbocycles. The molecule has 3 aromatic rings. The van der Waals surface area contributed by atoms with Crippen LogP contribution in [0.15, 0.2) is 48.5 Å². The molecule has 1 N–H and O–H groups in total. The average Bonchev–Trinajstić information content (AvgIpc) is 3.11. The summed E-state index contributed by atoms with van der Waals surface area (Å²) >= 11 is 11.2. The molecule has 0 aliphatic carbocycles. The predicted molar refractivity (Wildman–Crippen MR) is 116 cm³/mol. The largest absolute Gasteiger partial charge is 0.462 e. The Kier molecular flexibility index (Phi) is 6.77. The Balaban J connectivity index is 1.96. The summed E-state index contributed by atoms with van der Waals surface area (Å²) in [5, 5.41) is 7.18. The van der Waals surface area contributed by atoms with Crippen LogP contribution in [-0.4, -0.2) is 32.1 Å². The molecule has 0 spiro atoms. The Bertz CT molecular complexity index is 985. The number of amides is 1. The maximum atomic E-state index is 11.7. The van der Waals surface area contributed by atoms with Gasteiger partial charge in [-0.25, -0.2) is 4.68 Å². The fourth-order valence-electron chi connectivity index (χ4n) is 2.66. The number of halogens is 2. The van der Waals surface area contributed by atoms with Crippen LogP contribution in [0, 0.1) is 12.8 Å². The van der Waals surface area contributed by atoms with Crippen molar-refractivity contribution >= 4 is 34.8 Å². The molecule has 0 saturated heterocycles. The van der Waals surface area contributed by atoms with E-state index in [0.29, 0.717) is 30.0 Å². The molecule has 0 fully saturated rings. The minimum absolute atomic E-state index is 0.321. The van der Waals surface area contributed by atoms with Crippen molar-refractivity contribution in [2.45, 2.75) is 25.6 Å². The smallest absolute Gasteiger partial charge is 0.336 e. The van der Waals surface area contributed by atoms with Crippen LogP contribution in [0.25, 0.3) is 17.1 Å². The highest BCUT2D eigenvalue weighted by Gasteiger charge is 2.17. The number of nitrogens with one attached hydrogen (secondary N) is 1. The first-order valence-electron chi connectivity index (χ1n) is 9.20. The highest BCUT2D eigenvalue weighted by atomic mass is 35.5. The summed E-state index contributed by atoms with van der Waals surface area (Å²) in [6.45, 7) is 6.69. The third kappa shape index (κ3) is 5.28. The zero-order valence-corrected chi connectivity index (χ0v) is 17.9. The second-order valence-corrected chi connectivity index (χ2v) is 8.08. The van der Waals surface area contributed by atoms with Crippen molar-refractivity contribution < 1.29 is 9.53 Å². The summed E-state index contributed by atoms with van der Waals surface area (Å²) in [4.78, 5) is 15.1. The van der Waals surface area contributed by atoms with E-state index in [4.69, 9.17) is 27.9 Å². The van der Waals surface area contributed by atoms with Gasteiger partial charge in [0.05, 0.1) is 12.3 Å². The van der Waals surface area contributed by atoms with E-state index < -0.39 is 10.7 Å². The van der Waals surface area contributed by atoms with Gasteiger partial charge >= 0.3 is 6.01 Å². The SMILES string of the molecule is Cc1ccccc1-c1nc(OCC(C)C)nn1-c1ccc(NC(=O)C(Cl)Cl)cc1. The van der Waals surface area contributed by atoms with Gasteiger partial charge in [0.2, 0.25) is 0 Å². The molecule has 29 heavy (non-hydrogen) atoms. The molecular formula is C21H22Cl2N4O2. The highest BCUT2D eigenvalue weighted by Crippen LogP contribution is 2.27. The van der Waals surface area contributed by atoms with E-state index in [1.165, 1.54) is 0 Å². The van der Waals surface area contributed by atoms with Gasteiger partial charge in [-0.3, -0.25) is 4.79 Å². The van der Waals surface area contributed by atoms with E-state index in [2.05, 4.69) is 29.2 Å². The van der Waals surface area contributed by atoms with Crippen molar-refractivity contribution in [1.82, 2.24) is 14.8 Å². The Morgan fingerprint density at radius 1 is 1.14 bits per heavy atom. The van der Waals surface area contributed by atoms with Crippen LogP contribution in [0.5, 0.6) is 6.01 Å². The molecule has 0 bridgehead atoms. The van der Waals surface area contributed by atoms with Gasteiger partial charge in [-0.2, -0.15) is 4.98 Å². The van der Waals surface area contributed by atoms with E-state index in [-0.39, 0.29) is 0 Å². The molecule has 1 heterocycles. The average molecular weight is 433 g/mol. The zero-order chi connectivity index (χ0) is 21.0. The van der Waals surface area contributed by atoms with Crippen LogP contribution in [0.2, 0.25) is 0 Å². The first-order chi connectivity index (χ1) is 13.8. The number of hydrogen-bond donors (Lipinski definition) is 1. The fraction of sp³-hybridized carbons (Fsp3) is 0.286. The molecule has 152 valence electrons. The van der Waals surface area contributed by atoms with E-state index in [9.17, 15) is 4.79 Å². The van der Waals surface area contributed by atoms with Crippen molar-refractivity contribution in [3.05, 3.63) is 54.1 Å². The van der Waals surface area contributed by atoms with Gasteiger partial charge in [0.25, 0.3) is 5.91 Å². The number of rotatable bonds is 7. The number of nitrogens with zero attached hydrogens (tertiary/aromatic N) is 3. The van der Waals surface area contributed by atoms with Crippen molar-refractivity contribution in [2.24, 2.45) is 5.92 Å². The topological polar surface area (TPSA) is 69.0 Å². The molecule has 2 aromatic carbocycles. The lowest BCUT2D eigenvalue weighted by atomic mass is 10.1. The maximum Gasteiger partial charge on any atom is 0.336 e. The number of carbonyl (C=O) groups excluding carboxylic acids is 1. The number of carbonyl (C=O) groups is 1. The molecule has 0 aliphatic rings. The number of anilines is 1. The molecule has 8 heteroatoms. The van der Waals surface area contributed by atoms with Crippen LogP contribution in [0.4, 0.5) is 5.69 Å². The maximum absolute atomic E-state index is 11.7. The quantitative estimate of drug-likeness (QED) is 0.532. The number of ether oxygens (including phenoxy) is 1. The van der Waals surface area contributed by atoms with Crippen molar-refractivity contribution in [3.8, 4) is 23.1 Å². The second-order valence-electron chi connectivity index (χ2n) is 6.99. The van der Waals surface area contributed by atoms with E-state index >= 15 is 0 Å². The lowest BCUT2D eigenvalue weighted by Gasteiger charge is -2.09. The number of hydrogen-bond acceptors (Lipinski definition) is 4. The van der Waals surface area contributed by atoms with Crippen LogP contribution >= 0.6 is 23.2 Å². The van der Waals surface area contributed by atoms with Crippen LogP contribution < -0.4 is 10.1 Å². The van der Waals surface area contributed by atoms with Crippen molar-refractivity contribution in [1.29, 1.82) is 0 Å². The standard InChI is InChI=1S/C21H22Cl2N4O2/c1-13(2)12-29-21-25-19(17-7-5-4-6-14(17)3)27(26-21)16-10-8-15(9-11-16)24-20(28)18(22)23/h4-11,13,18H,12H2,1-3H3,(H,24,28). The first kappa shape index (κ1) is 21.1. The molecule has 0 aliphatic heterocycles. The van der Waals surface area contributed by atoms with Crippen LogP contribution in [0.3, 0.4) is 0 Å². The van der Waals surface area contributed by atoms with E-state index in [0.717, 1.165) is 16.8 Å². The van der Waals surface area contributed by atoms with Gasteiger partial charge in [0, 0.05) is 11.3 Å². The predicted octanol–water partition coefficient (Wildman–Crippen LogP) is 5.02. The molecule has 0 unspecified atom stereocenters. The van der Waals surface area contributed by atoms with Gasteiger partial charge in [0.15, 0.2) is 10.7 Å². The van der Waals surface area contributed by atoms with E-state index in [1.54, 1.807) is 16.8 Å². The van der Waals surface area contributed by atoms with Crippen LogP contribution in [-0.2, 0) is 4.79 Å². The molecule has 1 aromatic heterocycles. The molecule has 3 rings (SSSR count). The Morgan fingerprint density at radius 3 is 2.45 bits per heavy atom. The first-order valence-corrected chi connectivity index (χ1v) is 10.1. The fourth-order valence-corrected chi connectivity index (χ4v) is 2.77. The minimum atomic E-state index is -1.13. The summed E-state index contributed by atoms with van der Waals surface area (Å²) < 4.78 is 7.48. The van der Waals surface area contributed by atoms with Gasteiger partial charge in [-0.05, 0) is 42.7 Å². The van der Waals surface area contributed by atoms with Gasteiger partial charge in [-0.1, -0.05) is 61.3 Å². The molecule has 0 atom stereocenters. The summed E-state index contributed by atoms with van der Waals surface area (Å²) in [5.74, 6) is 0.562. The van der Waals surface area contributed by atoms with Gasteiger partial charge in [0.1, 0.15) is 0 Å². The summed E-state index contributed by atoms with van der Waals surface area (Å²) in [6, 6.07) is 15.4. The number of benzene rings is 2. The van der Waals surface area contributed by atoms with E-state index in [1.807, 2.05) is 43.3 Å². The normalized spacial score (nSPS) is 11.1. The Morgan fingerprint density at radius 2 is 1.83 bits per heavy atom. The summed E-state index contributed by atoms with van der Waals surface area (Å²) in [5.41, 5.74) is 3.40. The zero-order valence-electron chi connectivity index (χ0n) is 16.4. The van der Waals surface area contributed by atoms with Crippen LogP contribution in [0.1, 0.15) is 19.4 Å². The lowest BCUT2D eigenvalue weighted by molar-refractivity contribution is -0.114. The third-order valence-corrected chi connectivity index (χ3v) is 4.49. The van der Waals surface area contributed by atoms with Crippen molar-refractivity contribution in [3.63, 3.8) is 0 Å². The second kappa shape index (κ2) is 9.29. The summed E-state index contributed by atoms with van der Waals surface area (Å²) in [6.07, 6.45) is 0. The van der Waals surface area contributed by atoms with Gasteiger partial charge < -0.3 is 10.1 Å². The van der Waals surface area contributed by atoms with Crippen molar-refractivity contribution in [2.75, 3.05) is 11.9 Å². The monoisotopic (exact) mass is 432 g/mol. The summed E-state index contributed by atoms with van der Waals surface area (Å²) in [7, 11) is 0. The number of aromatic nitrogens is 3. The Hall–Kier alpha value is -2.57. The minimum Gasteiger partial charge on any atom is -0.462 e. The highest BCUT2D eigenvalue weighted by molar-refractivity contribution is 6.54. The number of aryl methyl sites for hydroxylation is 1. The molecular weight excluding hydrogens is 411 g/mol. The Labute approximate surface area is 179 Å².